The molecule has 0 unspecified atom stereocenters. The van der Waals surface area contributed by atoms with E-state index in [1.54, 1.807) is 0 Å². The number of aryl methyl sites for hydroxylation is 2. The lowest BCUT2D eigenvalue weighted by atomic mass is 10.2. The highest BCUT2D eigenvalue weighted by molar-refractivity contribution is 7.06. The van der Waals surface area contributed by atoms with Gasteiger partial charge in [0.15, 0.2) is 0 Å². The fraction of sp³-hybridized carbons (Fsp3) is 0.231. The summed E-state index contributed by atoms with van der Waals surface area (Å²) in [7, 11) is 0. The van der Waals surface area contributed by atoms with Crippen LogP contribution in [0.2, 0.25) is 0 Å². The van der Waals surface area contributed by atoms with Crippen molar-refractivity contribution in [1.29, 1.82) is 0 Å². The fourth-order valence-electron chi connectivity index (χ4n) is 1.52. The van der Waals surface area contributed by atoms with Gasteiger partial charge in [-0.3, -0.25) is 5.32 Å². The van der Waals surface area contributed by atoms with Gasteiger partial charge < -0.3 is 4.74 Å². The fourth-order valence-corrected chi connectivity index (χ4v) is 2.18. The summed E-state index contributed by atoms with van der Waals surface area (Å²) in [5.41, 5.74) is 2.52. The molecule has 1 aromatic carbocycles. The number of nitrogens with zero attached hydrogens (tertiary/aromatic N) is 1. The van der Waals surface area contributed by atoms with Gasteiger partial charge in [0, 0.05) is 4.88 Å². The Morgan fingerprint density at radius 2 is 2.06 bits per heavy atom. The predicted octanol–water partition coefficient (Wildman–Crippen LogP) is 3.51. The van der Waals surface area contributed by atoms with Crippen molar-refractivity contribution in [2.75, 3.05) is 5.32 Å². The summed E-state index contributed by atoms with van der Waals surface area (Å²) >= 11 is 1.37. The van der Waals surface area contributed by atoms with E-state index in [-0.39, 0.29) is 6.61 Å². The lowest BCUT2D eigenvalue weighted by molar-refractivity contribution is 0.155. The standard InChI is InChI=1S/C13H14N2O2S/c1-9-12(10(2)18-15-9)14-13(16)17-8-11-6-4-3-5-7-11/h3-7H,8H2,1-2H3,(H,14,16). The molecule has 0 spiro atoms. The van der Waals surface area contributed by atoms with E-state index in [2.05, 4.69) is 9.69 Å². The van der Waals surface area contributed by atoms with E-state index in [1.165, 1.54) is 11.5 Å². The van der Waals surface area contributed by atoms with Crippen molar-refractivity contribution in [3.05, 3.63) is 46.5 Å². The molecule has 18 heavy (non-hydrogen) atoms. The topological polar surface area (TPSA) is 51.2 Å². The molecule has 1 heterocycles. The zero-order valence-electron chi connectivity index (χ0n) is 10.3. The number of hydrogen-bond acceptors (Lipinski definition) is 4. The van der Waals surface area contributed by atoms with Gasteiger partial charge in [0.25, 0.3) is 0 Å². The Bertz CT molecular complexity index is 518. The summed E-state index contributed by atoms with van der Waals surface area (Å²) in [6.07, 6.45) is -0.453. The van der Waals surface area contributed by atoms with Crippen LogP contribution in [0.3, 0.4) is 0 Å². The van der Waals surface area contributed by atoms with Gasteiger partial charge in [-0.15, -0.1) is 0 Å². The lowest BCUT2D eigenvalue weighted by Gasteiger charge is -2.07. The van der Waals surface area contributed by atoms with Crippen molar-refractivity contribution in [2.24, 2.45) is 0 Å². The second kappa shape index (κ2) is 5.64. The minimum Gasteiger partial charge on any atom is -0.444 e. The number of amides is 1. The van der Waals surface area contributed by atoms with Crippen molar-refractivity contribution >= 4 is 23.3 Å². The number of hydrogen-bond donors (Lipinski definition) is 1. The molecule has 1 amide bonds. The third-order valence-electron chi connectivity index (χ3n) is 2.47. The molecule has 2 aromatic rings. The molecule has 0 saturated carbocycles. The molecular formula is C13H14N2O2S. The number of benzene rings is 1. The first-order valence-electron chi connectivity index (χ1n) is 5.57. The number of carbonyl (C=O) groups excluding carboxylic acids is 1. The first-order valence-corrected chi connectivity index (χ1v) is 6.34. The molecule has 0 aliphatic heterocycles. The molecule has 1 aromatic heterocycles. The average Bonchev–Trinajstić information content (AvgIpc) is 2.69. The SMILES string of the molecule is Cc1nsc(C)c1NC(=O)OCc1ccccc1. The van der Waals surface area contributed by atoms with Gasteiger partial charge in [0.1, 0.15) is 6.61 Å². The van der Waals surface area contributed by atoms with E-state index in [0.717, 1.165) is 21.8 Å². The first-order chi connectivity index (χ1) is 8.66. The summed E-state index contributed by atoms with van der Waals surface area (Å²) in [5, 5.41) is 2.72. The largest absolute Gasteiger partial charge is 0.444 e. The Hall–Kier alpha value is -1.88. The molecule has 4 nitrogen and oxygen atoms in total. The Labute approximate surface area is 110 Å². The van der Waals surface area contributed by atoms with E-state index in [1.807, 2.05) is 44.2 Å². The maximum absolute atomic E-state index is 11.6. The molecule has 0 fully saturated rings. The molecular weight excluding hydrogens is 248 g/mol. The van der Waals surface area contributed by atoms with Crippen LogP contribution in [-0.2, 0) is 11.3 Å². The molecule has 94 valence electrons. The van der Waals surface area contributed by atoms with Crippen LogP contribution in [0.4, 0.5) is 10.5 Å². The minimum absolute atomic E-state index is 0.266. The van der Waals surface area contributed by atoms with Crippen LogP contribution in [0.1, 0.15) is 16.1 Å². The Morgan fingerprint density at radius 3 is 2.67 bits per heavy atom. The molecule has 0 radical (unpaired) electrons. The number of aromatic nitrogens is 1. The van der Waals surface area contributed by atoms with E-state index >= 15 is 0 Å². The lowest BCUT2D eigenvalue weighted by Crippen LogP contribution is -2.14. The highest BCUT2D eigenvalue weighted by Crippen LogP contribution is 2.23. The number of anilines is 1. The summed E-state index contributed by atoms with van der Waals surface area (Å²) in [4.78, 5) is 12.6. The monoisotopic (exact) mass is 262 g/mol. The van der Waals surface area contributed by atoms with Gasteiger partial charge in [0.2, 0.25) is 0 Å². The summed E-state index contributed by atoms with van der Waals surface area (Å²) in [6.45, 7) is 4.04. The van der Waals surface area contributed by atoms with E-state index < -0.39 is 6.09 Å². The van der Waals surface area contributed by atoms with Gasteiger partial charge in [-0.25, -0.2) is 4.79 Å². The number of carbonyl (C=O) groups is 1. The predicted molar refractivity (Wildman–Crippen MR) is 71.8 cm³/mol. The molecule has 0 bridgehead atoms. The summed E-state index contributed by atoms with van der Waals surface area (Å²) in [6, 6.07) is 9.57. The smallest absolute Gasteiger partial charge is 0.412 e. The molecule has 0 aliphatic carbocycles. The normalized spacial score (nSPS) is 10.1. The van der Waals surface area contributed by atoms with Crippen molar-refractivity contribution in [1.82, 2.24) is 4.37 Å². The highest BCUT2D eigenvalue weighted by Gasteiger charge is 2.11. The van der Waals surface area contributed by atoms with Crippen LogP contribution in [0.5, 0.6) is 0 Å². The van der Waals surface area contributed by atoms with Crippen molar-refractivity contribution < 1.29 is 9.53 Å². The average molecular weight is 262 g/mol. The Kier molecular flexibility index (Phi) is 3.94. The Morgan fingerprint density at radius 1 is 1.33 bits per heavy atom. The van der Waals surface area contributed by atoms with E-state index in [4.69, 9.17) is 4.74 Å². The molecule has 2 rings (SSSR count). The zero-order chi connectivity index (χ0) is 13.0. The van der Waals surface area contributed by atoms with Gasteiger partial charge >= 0.3 is 6.09 Å². The molecule has 5 heteroatoms. The third-order valence-corrected chi connectivity index (χ3v) is 3.32. The number of ether oxygens (including phenoxy) is 1. The molecule has 0 atom stereocenters. The van der Waals surface area contributed by atoms with Crippen LogP contribution >= 0.6 is 11.5 Å². The van der Waals surface area contributed by atoms with E-state index in [0.29, 0.717) is 0 Å². The quantitative estimate of drug-likeness (QED) is 0.921. The second-order valence-electron chi connectivity index (χ2n) is 3.89. The van der Waals surface area contributed by atoms with Crippen LogP contribution in [0, 0.1) is 13.8 Å². The molecule has 0 saturated heterocycles. The van der Waals surface area contributed by atoms with Crippen molar-refractivity contribution in [3.8, 4) is 0 Å². The van der Waals surface area contributed by atoms with Crippen molar-refractivity contribution in [2.45, 2.75) is 20.5 Å². The minimum atomic E-state index is -0.453. The number of rotatable bonds is 3. The van der Waals surface area contributed by atoms with Crippen LogP contribution < -0.4 is 5.32 Å². The maximum atomic E-state index is 11.6. The second-order valence-corrected chi connectivity index (χ2v) is 4.86. The van der Waals surface area contributed by atoms with Gasteiger partial charge in [-0.2, -0.15) is 4.37 Å². The van der Waals surface area contributed by atoms with E-state index in [9.17, 15) is 4.79 Å². The highest BCUT2D eigenvalue weighted by atomic mass is 32.1. The maximum Gasteiger partial charge on any atom is 0.412 e. The van der Waals surface area contributed by atoms with Crippen molar-refractivity contribution in [3.63, 3.8) is 0 Å². The molecule has 0 aliphatic rings. The van der Waals surface area contributed by atoms with Gasteiger partial charge in [-0.05, 0) is 30.9 Å². The van der Waals surface area contributed by atoms with Crippen LogP contribution in [0.25, 0.3) is 0 Å². The number of nitrogens with one attached hydrogen (secondary N) is 1. The van der Waals surface area contributed by atoms with Crippen LogP contribution in [-0.4, -0.2) is 10.5 Å². The van der Waals surface area contributed by atoms with Gasteiger partial charge in [0.05, 0.1) is 11.4 Å². The summed E-state index contributed by atoms with van der Waals surface area (Å²) in [5.74, 6) is 0. The Balaban J connectivity index is 1.90. The van der Waals surface area contributed by atoms with Gasteiger partial charge in [-0.1, -0.05) is 30.3 Å². The molecule has 1 N–H and O–H groups in total. The third kappa shape index (κ3) is 3.07. The zero-order valence-corrected chi connectivity index (χ0v) is 11.1. The summed E-state index contributed by atoms with van der Waals surface area (Å²) < 4.78 is 9.30. The first kappa shape index (κ1) is 12.6. The van der Waals surface area contributed by atoms with Crippen LogP contribution in [0.15, 0.2) is 30.3 Å².